The van der Waals surface area contributed by atoms with Crippen LogP contribution >= 0.6 is 0 Å². The Morgan fingerprint density at radius 2 is 1.62 bits per heavy atom. The molecule has 3 aromatic rings. The van der Waals surface area contributed by atoms with Crippen LogP contribution in [0.25, 0.3) is 5.69 Å². The van der Waals surface area contributed by atoms with Crippen molar-refractivity contribution in [2.45, 2.75) is 38.1 Å². The highest BCUT2D eigenvalue weighted by molar-refractivity contribution is 5.50. The Morgan fingerprint density at radius 3 is 2.24 bits per heavy atom. The van der Waals surface area contributed by atoms with Gasteiger partial charge in [0.1, 0.15) is 17.0 Å². The normalized spacial score (nSPS) is 21.6. The lowest BCUT2D eigenvalue weighted by molar-refractivity contribution is 0.215. The van der Waals surface area contributed by atoms with Crippen LogP contribution in [-0.2, 0) is 5.54 Å². The number of hydrogen-bond acceptors (Lipinski definition) is 6. The topological polar surface area (TPSA) is 74.1 Å². The van der Waals surface area contributed by atoms with Crippen molar-refractivity contribution in [3.8, 4) is 17.2 Å². The lowest BCUT2D eigenvalue weighted by Gasteiger charge is -2.42. The fourth-order valence-electron chi connectivity index (χ4n) is 4.22. The van der Waals surface area contributed by atoms with E-state index in [1.54, 1.807) is 14.2 Å². The Labute approximate surface area is 171 Å². The predicted molar refractivity (Wildman–Crippen MR) is 112 cm³/mol. The summed E-state index contributed by atoms with van der Waals surface area (Å²) in [6, 6.07) is 15.8. The number of tetrazole rings is 1. The number of nitrogens with one attached hydrogen (secondary N) is 1. The van der Waals surface area contributed by atoms with Crippen molar-refractivity contribution in [3.05, 3.63) is 54.4 Å². The highest BCUT2D eigenvalue weighted by Crippen LogP contribution is 2.43. The van der Waals surface area contributed by atoms with Gasteiger partial charge >= 0.3 is 0 Å². The van der Waals surface area contributed by atoms with Crippen LogP contribution in [0, 0.1) is 5.92 Å². The molecular formula is C22H27N5O2. The van der Waals surface area contributed by atoms with E-state index >= 15 is 0 Å². The minimum atomic E-state index is -0.351. The summed E-state index contributed by atoms with van der Waals surface area (Å²) >= 11 is 0. The van der Waals surface area contributed by atoms with Gasteiger partial charge in [-0.05, 0) is 77.7 Å². The number of hydrogen-bond donors (Lipinski definition) is 1. The fourth-order valence-corrected chi connectivity index (χ4v) is 4.22. The molecule has 0 saturated heterocycles. The molecule has 152 valence electrons. The molecule has 1 heterocycles. The molecule has 0 aliphatic heterocycles. The zero-order valence-corrected chi connectivity index (χ0v) is 17.1. The minimum Gasteiger partial charge on any atom is -0.497 e. The number of rotatable bonds is 6. The number of aromatic nitrogens is 4. The van der Waals surface area contributed by atoms with Gasteiger partial charge in [-0.3, -0.25) is 0 Å². The lowest BCUT2D eigenvalue weighted by Crippen LogP contribution is -2.46. The first-order valence-corrected chi connectivity index (χ1v) is 10.0. The summed E-state index contributed by atoms with van der Waals surface area (Å²) in [6.07, 6.45) is 4.44. The van der Waals surface area contributed by atoms with Crippen molar-refractivity contribution in [3.63, 3.8) is 0 Å². The molecule has 1 aliphatic carbocycles. The van der Waals surface area contributed by atoms with E-state index < -0.39 is 0 Å². The summed E-state index contributed by atoms with van der Waals surface area (Å²) in [5.41, 5.74) is 1.60. The second kappa shape index (κ2) is 8.11. The maximum absolute atomic E-state index is 5.30. The van der Waals surface area contributed by atoms with Crippen molar-refractivity contribution in [1.29, 1.82) is 0 Å². The zero-order valence-electron chi connectivity index (χ0n) is 17.1. The minimum absolute atomic E-state index is 0.351. The van der Waals surface area contributed by atoms with E-state index in [0.29, 0.717) is 5.92 Å². The number of anilines is 1. The Kier molecular flexibility index (Phi) is 5.38. The molecule has 29 heavy (non-hydrogen) atoms. The van der Waals surface area contributed by atoms with E-state index in [1.165, 1.54) is 6.42 Å². The van der Waals surface area contributed by atoms with E-state index in [4.69, 9.17) is 9.47 Å². The monoisotopic (exact) mass is 393 g/mol. The maximum atomic E-state index is 5.30. The molecular weight excluding hydrogens is 366 g/mol. The smallest absolute Gasteiger partial charge is 0.182 e. The standard InChI is InChI=1S/C22H27N5O2/c1-16-6-4-5-15-22(16,23-17-7-11-19(28-2)12-8-17)21-24-25-26-27(21)18-9-13-20(29-3)14-10-18/h7-14,16,23H,4-6,15H2,1-3H3/t16-,22-/m1/s1. The second-order valence-electron chi connectivity index (χ2n) is 7.58. The second-order valence-corrected chi connectivity index (χ2v) is 7.58. The summed E-state index contributed by atoms with van der Waals surface area (Å²) in [5, 5.41) is 16.6. The van der Waals surface area contributed by atoms with Gasteiger partial charge in [0.2, 0.25) is 0 Å². The van der Waals surface area contributed by atoms with E-state index in [2.05, 4.69) is 27.8 Å². The molecule has 4 rings (SSSR count). The van der Waals surface area contributed by atoms with Gasteiger partial charge in [-0.2, -0.15) is 4.68 Å². The molecule has 1 saturated carbocycles. The third kappa shape index (κ3) is 3.64. The molecule has 1 aromatic heterocycles. The summed E-state index contributed by atoms with van der Waals surface area (Å²) < 4.78 is 12.4. The van der Waals surface area contributed by atoms with Crippen LogP contribution in [0.5, 0.6) is 11.5 Å². The predicted octanol–water partition coefficient (Wildman–Crippen LogP) is 4.20. The third-order valence-electron chi connectivity index (χ3n) is 5.94. The van der Waals surface area contributed by atoms with E-state index in [0.717, 1.165) is 48.0 Å². The van der Waals surface area contributed by atoms with Crippen molar-refractivity contribution in [2.75, 3.05) is 19.5 Å². The van der Waals surface area contributed by atoms with Crippen molar-refractivity contribution >= 4 is 5.69 Å². The molecule has 0 unspecified atom stereocenters. The Bertz CT molecular complexity index is 939. The quantitative estimate of drug-likeness (QED) is 0.677. The van der Waals surface area contributed by atoms with Gasteiger partial charge in [0, 0.05) is 5.69 Å². The molecule has 0 bridgehead atoms. The molecule has 0 amide bonds. The van der Waals surface area contributed by atoms with E-state index in [-0.39, 0.29) is 5.54 Å². The molecule has 0 spiro atoms. The number of ether oxygens (including phenoxy) is 2. The fraction of sp³-hybridized carbons (Fsp3) is 0.409. The zero-order chi connectivity index (χ0) is 20.3. The number of benzene rings is 2. The molecule has 7 heteroatoms. The Hall–Kier alpha value is -3.09. The maximum Gasteiger partial charge on any atom is 0.182 e. The highest BCUT2D eigenvalue weighted by Gasteiger charge is 2.44. The average Bonchev–Trinajstić information content (AvgIpc) is 3.26. The Morgan fingerprint density at radius 1 is 0.966 bits per heavy atom. The molecule has 1 fully saturated rings. The summed E-state index contributed by atoms with van der Waals surface area (Å²) in [7, 11) is 3.34. The van der Waals surface area contributed by atoms with Gasteiger partial charge in [-0.1, -0.05) is 19.8 Å². The van der Waals surface area contributed by atoms with Gasteiger partial charge < -0.3 is 14.8 Å². The first kappa shape index (κ1) is 19.2. The molecule has 0 radical (unpaired) electrons. The molecule has 1 N–H and O–H groups in total. The van der Waals surface area contributed by atoms with Crippen LogP contribution in [-0.4, -0.2) is 34.4 Å². The van der Waals surface area contributed by atoms with Crippen LogP contribution in [0.3, 0.4) is 0 Å². The van der Waals surface area contributed by atoms with Crippen molar-refractivity contribution in [1.82, 2.24) is 20.2 Å². The van der Waals surface area contributed by atoms with Gasteiger partial charge in [0.15, 0.2) is 5.82 Å². The van der Waals surface area contributed by atoms with E-state index in [9.17, 15) is 0 Å². The molecule has 7 nitrogen and oxygen atoms in total. The van der Waals surface area contributed by atoms with Gasteiger partial charge in [0.25, 0.3) is 0 Å². The van der Waals surface area contributed by atoms with Gasteiger partial charge in [-0.25, -0.2) is 0 Å². The molecule has 2 aromatic carbocycles. The molecule has 2 atom stereocenters. The largest absolute Gasteiger partial charge is 0.497 e. The average molecular weight is 393 g/mol. The van der Waals surface area contributed by atoms with E-state index in [1.807, 2.05) is 53.2 Å². The van der Waals surface area contributed by atoms with Crippen LogP contribution in [0.2, 0.25) is 0 Å². The van der Waals surface area contributed by atoms with Crippen LogP contribution < -0.4 is 14.8 Å². The van der Waals surface area contributed by atoms with Gasteiger partial charge in [0.05, 0.1) is 19.9 Å². The summed E-state index contributed by atoms with van der Waals surface area (Å²) in [4.78, 5) is 0. The SMILES string of the molecule is COc1ccc(N[C@]2(c3nnnn3-c3ccc(OC)cc3)CCCC[C@H]2C)cc1. The molecule has 1 aliphatic rings. The summed E-state index contributed by atoms with van der Waals surface area (Å²) in [5.74, 6) is 2.86. The lowest BCUT2D eigenvalue weighted by atomic mass is 9.72. The highest BCUT2D eigenvalue weighted by atomic mass is 16.5. The van der Waals surface area contributed by atoms with Crippen molar-refractivity contribution < 1.29 is 9.47 Å². The summed E-state index contributed by atoms with van der Waals surface area (Å²) in [6.45, 7) is 2.28. The van der Waals surface area contributed by atoms with Crippen molar-refractivity contribution in [2.24, 2.45) is 5.92 Å². The van der Waals surface area contributed by atoms with Crippen LogP contribution in [0.1, 0.15) is 38.4 Å². The number of methoxy groups -OCH3 is 2. The number of nitrogens with zero attached hydrogens (tertiary/aromatic N) is 4. The van der Waals surface area contributed by atoms with Gasteiger partial charge in [-0.15, -0.1) is 5.10 Å². The Balaban J connectivity index is 1.75. The van der Waals surface area contributed by atoms with Crippen LogP contribution in [0.15, 0.2) is 48.5 Å². The first-order valence-electron chi connectivity index (χ1n) is 10.0. The van der Waals surface area contributed by atoms with Crippen LogP contribution in [0.4, 0.5) is 5.69 Å². The first-order chi connectivity index (χ1) is 14.2. The third-order valence-corrected chi connectivity index (χ3v) is 5.94.